The van der Waals surface area contributed by atoms with E-state index in [9.17, 15) is 9.59 Å². The largest absolute Gasteiger partial charge is 0.368 e. The lowest BCUT2D eigenvalue weighted by Crippen LogP contribution is -2.48. The predicted molar refractivity (Wildman–Crippen MR) is 79.8 cm³/mol. The van der Waals surface area contributed by atoms with Crippen molar-refractivity contribution in [1.29, 1.82) is 5.26 Å². The Labute approximate surface area is 123 Å². The lowest BCUT2D eigenvalue weighted by molar-refractivity contribution is -0.129. The molecule has 2 rings (SSSR count). The van der Waals surface area contributed by atoms with Crippen molar-refractivity contribution in [3.63, 3.8) is 0 Å². The van der Waals surface area contributed by atoms with E-state index in [-0.39, 0.29) is 18.2 Å². The van der Waals surface area contributed by atoms with Crippen molar-refractivity contribution in [2.24, 2.45) is 0 Å². The van der Waals surface area contributed by atoms with Crippen LogP contribution in [0.4, 0.5) is 11.4 Å². The molecule has 6 nitrogen and oxygen atoms in total. The van der Waals surface area contributed by atoms with Gasteiger partial charge < -0.3 is 15.1 Å². The zero-order valence-electron chi connectivity index (χ0n) is 12.0. The summed E-state index contributed by atoms with van der Waals surface area (Å²) in [6.07, 6.45) is -0.144. The molecule has 0 aliphatic carbocycles. The van der Waals surface area contributed by atoms with Gasteiger partial charge in [-0.1, -0.05) is 0 Å². The molecule has 1 aliphatic rings. The molecule has 6 heteroatoms. The van der Waals surface area contributed by atoms with Crippen LogP contribution >= 0.6 is 0 Å². The minimum atomic E-state index is -0.305. The lowest BCUT2D eigenvalue weighted by Gasteiger charge is -2.35. The van der Waals surface area contributed by atoms with Gasteiger partial charge in [0.15, 0.2) is 0 Å². The first kappa shape index (κ1) is 14.9. The van der Waals surface area contributed by atoms with Crippen molar-refractivity contribution >= 4 is 23.2 Å². The average molecular weight is 286 g/mol. The number of carbonyl (C=O) groups is 2. The highest BCUT2D eigenvalue weighted by Crippen LogP contribution is 2.19. The molecule has 1 heterocycles. The van der Waals surface area contributed by atoms with Crippen molar-refractivity contribution in [3.8, 4) is 6.07 Å². The van der Waals surface area contributed by atoms with Crippen molar-refractivity contribution < 1.29 is 9.59 Å². The number of rotatable bonds is 3. The Morgan fingerprint density at radius 2 is 1.81 bits per heavy atom. The van der Waals surface area contributed by atoms with Crippen LogP contribution < -0.4 is 10.2 Å². The Morgan fingerprint density at radius 3 is 2.33 bits per heavy atom. The van der Waals surface area contributed by atoms with Crippen LogP contribution in [-0.2, 0) is 9.59 Å². The highest BCUT2D eigenvalue weighted by Gasteiger charge is 2.18. The van der Waals surface area contributed by atoms with Gasteiger partial charge in [-0.05, 0) is 24.3 Å². The summed E-state index contributed by atoms with van der Waals surface area (Å²) in [5, 5.41) is 11.1. The van der Waals surface area contributed by atoms with Crippen LogP contribution in [0.1, 0.15) is 13.3 Å². The van der Waals surface area contributed by atoms with E-state index >= 15 is 0 Å². The zero-order valence-corrected chi connectivity index (χ0v) is 12.0. The van der Waals surface area contributed by atoms with Gasteiger partial charge in [-0.25, -0.2) is 0 Å². The maximum absolute atomic E-state index is 11.3. The van der Waals surface area contributed by atoms with Crippen LogP contribution in [-0.4, -0.2) is 42.9 Å². The molecule has 0 bridgehead atoms. The summed E-state index contributed by atoms with van der Waals surface area (Å²) in [6.45, 7) is 4.67. The summed E-state index contributed by atoms with van der Waals surface area (Å²) in [7, 11) is 0. The van der Waals surface area contributed by atoms with Gasteiger partial charge in [0.05, 0.1) is 6.07 Å². The number of anilines is 2. The van der Waals surface area contributed by atoms with E-state index in [1.54, 1.807) is 6.92 Å². The Bertz CT molecular complexity index is 554. The molecule has 1 aromatic rings. The number of piperazine rings is 1. The Morgan fingerprint density at radius 1 is 1.19 bits per heavy atom. The predicted octanol–water partition coefficient (Wildman–Crippen LogP) is 1.21. The standard InChI is InChI=1S/C15H18N4O2/c1-12(20)18-8-10-19(11-9-18)14-4-2-13(3-5-14)17-15(21)6-7-16/h2-5H,6,8-11H2,1H3,(H,17,21). The minimum absolute atomic E-state index is 0.116. The molecule has 0 atom stereocenters. The molecule has 21 heavy (non-hydrogen) atoms. The first-order chi connectivity index (χ1) is 10.1. The molecular formula is C15H18N4O2. The first-order valence-electron chi connectivity index (χ1n) is 6.87. The lowest BCUT2D eigenvalue weighted by atomic mass is 10.2. The van der Waals surface area contributed by atoms with Gasteiger partial charge in [0.25, 0.3) is 0 Å². The number of nitrogens with one attached hydrogen (secondary N) is 1. The highest BCUT2D eigenvalue weighted by atomic mass is 16.2. The number of nitrogens with zero attached hydrogens (tertiary/aromatic N) is 3. The summed E-state index contributed by atoms with van der Waals surface area (Å²) >= 11 is 0. The van der Waals surface area contributed by atoms with E-state index in [0.717, 1.165) is 31.9 Å². The van der Waals surface area contributed by atoms with Gasteiger partial charge in [-0.3, -0.25) is 9.59 Å². The summed E-state index contributed by atoms with van der Waals surface area (Å²) in [5.74, 6) is -0.189. The number of hydrogen-bond donors (Lipinski definition) is 1. The van der Waals surface area contributed by atoms with Crippen molar-refractivity contribution in [2.75, 3.05) is 36.4 Å². The third kappa shape index (κ3) is 3.96. The molecule has 0 aromatic heterocycles. The minimum Gasteiger partial charge on any atom is -0.368 e. The van der Waals surface area contributed by atoms with E-state index in [2.05, 4.69) is 10.2 Å². The number of carbonyl (C=O) groups excluding carboxylic acids is 2. The molecule has 1 fully saturated rings. The van der Waals surface area contributed by atoms with Gasteiger partial charge in [0, 0.05) is 44.5 Å². The molecule has 1 aliphatic heterocycles. The van der Waals surface area contributed by atoms with Crippen LogP contribution in [0.5, 0.6) is 0 Å². The smallest absolute Gasteiger partial charge is 0.238 e. The van der Waals surface area contributed by atoms with Gasteiger partial charge in [-0.2, -0.15) is 5.26 Å². The summed E-state index contributed by atoms with van der Waals surface area (Å²) < 4.78 is 0. The van der Waals surface area contributed by atoms with Crippen LogP contribution in [0, 0.1) is 11.3 Å². The Balaban J connectivity index is 1.92. The molecule has 110 valence electrons. The molecule has 0 spiro atoms. The quantitative estimate of drug-likeness (QED) is 0.906. The maximum Gasteiger partial charge on any atom is 0.238 e. The van der Waals surface area contributed by atoms with Crippen LogP contribution in [0.15, 0.2) is 24.3 Å². The number of amides is 2. The Kier molecular flexibility index (Phi) is 4.77. The van der Waals surface area contributed by atoms with Gasteiger partial charge in [-0.15, -0.1) is 0 Å². The second-order valence-electron chi connectivity index (χ2n) is 4.92. The molecule has 0 unspecified atom stereocenters. The topological polar surface area (TPSA) is 76.4 Å². The molecule has 1 aromatic carbocycles. The van der Waals surface area contributed by atoms with Crippen molar-refractivity contribution in [1.82, 2.24) is 4.90 Å². The van der Waals surface area contributed by atoms with E-state index in [1.165, 1.54) is 0 Å². The fourth-order valence-corrected chi connectivity index (χ4v) is 2.31. The van der Waals surface area contributed by atoms with Crippen LogP contribution in [0.25, 0.3) is 0 Å². The van der Waals surface area contributed by atoms with Crippen LogP contribution in [0.2, 0.25) is 0 Å². The molecule has 1 N–H and O–H groups in total. The summed E-state index contributed by atoms with van der Waals surface area (Å²) in [5.41, 5.74) is 1.75. The molecule has 1 saturated heterocycles. The second kappa shape index (κ2) is 6.75. The summed E-state index contributed by atoms with van der Waals surface area (Å²) in [4.78, 5) is 26.7. The fourth-order valence-electron chi connectivity index (χ4n) is 2.31. The maximum atomic E-state index is 11.3. The summed E-state index contributed by atoms with van der Waals surface area (Å²) in [6, 6.07) is 9.33. The molecular weight excluding hydrogens is 268 g/mol. The normalized spacial score (nSPS) is 14.5. The van der Waals surface area contributed by atoms with Gasteiger partial charge in [0.2, 0.25) is 11.8 Å². The number of nitriles is 1. The van der Waals surface area contributed by atoms with Gasteiger partial charge in [0.1, 0.15) is 6.42 Å². The second-order valence-corrected chi connectivity index (χ2v) is 4.92. The number of hydrogen-bond acceptors (Lipinski definition) is 4. The van der Waals surface area contributed by atoms with E-state index in [0.29, 0.717) is 5.69 Å². The van der Waals surface area contributed by atoms with Crippen molar-refractivity contribution in [2.45, 2.75) is 13.3 Å². The van der Waals surface area contributed by atoms with E-state index < -0.39 is 0 Å². The monoisotopic (exact) mass is 286 g/mol. The number of benzene rings is 1. The third-order valence-electron chi connectivity index (χ3n) is 3.48. The molecule has 0 saturated carbocycles. The Hall–Kier alpha value is -2.55. The van der Waals surface area contributed by atoms with E-state index in [1.807, 2.05) is 35.2 Å². The SMILES string of the molecule is CC(=O)N1CCN(c2ccc(NC(=O)CC#N)cc2)CC1. The van der Waals surface area contributed by atoms with Crippen LogP contribution in [0.3, 0.4) is 0 Å². The molecule has 2 amide bonds. The average Bonchev–Trinajstić information content (AvgIpc) is 2.48. The zero-order chi connectivity index (χ0) is 15.2. The van der Waals surface area contributed by atoms with Crippen molar-refractivity contribution in [3.05, 3.63) is 24.3 Å². The fraction of sp³-hybridized carbons (Fsp3) is 0.400. The van der Waals surface area contributed by atoms with E-state index in [4.69, 9.17) is 5.26 Å². The molecule has 0 radical (unpaired) electrons. The highest BCUT2D eigenvalue weighted by molar-refractivity contribution is 5.92. The third-order valence-corrected chi connectivity index (χ3v) is 3.48. The first-order valence-corrected chi connectivity index (χ1v) is 6.87. The van der Waals surface area contributed by atoms with Gasteiger partial charge >= 0.3 is 0 Å².